The first-order valence-corrected chi connectivity index (χ1v) is 13.1. The molecule has 0 fully saturated rings. The van der Waals surface area contributed by atoms with Crippen molar-refractivity contribution in [2.45, 2.75) is 19.9 Å². The van der Waals surface area contributed by atoms with E-state index in [1.165, 1.54) is 29.2 Å². The molecule has 0 saturated heterocycles. The first kappa shape index (κ1) is 30.2. The van der Waals surface area contributed by atoms with Crippen molar-refractivity contribution in [2.24, 2.45) is 5.10 Å². The second kappa shape index (κ2) is 13.3. The van der Waals surface area contributed by atoms with E-state index in [1.807, 2.05) is 5.32 Å². The number of imide groups is 1. The Balaban J connectivity index is 1.45. The van der Waals surface area contributed by atoms with Crippen LogP contribution in [0.5, 0.6) is 11.5 Å². The van der Waals surface area contributed by atoms with Crippen molar-refractivity contribution in [1.29, 1.82) is 5.26 Å². The van der Waals surface area contributed by atoms with Crippen molar-refractivity contribution in [2.75, 3.05) is 18.6 Å². The molecule has 0 atom stereocenters. The van der Waals surface area contributed by atoms with E-state index in [-0.39, 0.29) is 40.5 Å². The number of ether oxygens (including phenoxy) is 2. The van der Waals surface area contributed by atoms with E-state index in [1.54, 1.807) is 31.2 Å². The highest BCUT2D eigenvalue weighted by Crippen LogP contribution is 2.39. The molecule has 1 aliphatic rings. The van der Waals surface area contributed by atoms with Gasteiger partial charge in [-0.2, -0.15) is 10.4 Å². The fraction of sp³-hybridized carbons (Fsp3) is 0.179. The molecule has 42 heavy (non-hydrogen) atoms. The summed E-state index contributed by atoms with van der Waals surface area (Å²) < 4.78 is 37.6. The van der Waals surface area contributed by atoms with Gasteiger partial charge in [0, 0.05) is 24.7 Å². The topological polar surface area (TPSA) is 133 Å². The van der Waals surface area contributed by atoms with Gasteiger partial charge in [-0.1, -0.05) is 23.2 Å². The smallest absolute Gasteiger partial charge is 0.414 e. The third-order valence-electron chi connectivity index (χ3n) is 5.87. The highest BCUT2D eigenvalue weighted by molar-refractivity contribution is 6.47. The van der Waals surface area contributed by atoms with E-state index in [0.717, 1.165) is 6.07 Å². The van der Waals surface area contributed by atoms with E-state index in [4.69, 9.17) is 27.9 Å². The predicted octanol–water partition coefficient (Wildman–Crippen LogP) is 5.83. The summed E-state index contributed by atoms with van der Waals surface area (Å²) in [6.07, 6.45) is -0.550. The molecule has 0 radical (unpaired) electrons. The van der Waals surface area contributed by atoms with Crippen LogP contribution in [-0.4, -0.2) is 41.7 Å². The first-order chi connectivity index (χ1) is 20.1. The van der Waals surface area contributed by atoms with Gasteiger partial charge in [0.25, 0.3) is 11.8 Å². The zero-order valence-electron chi connectivity index (χ0n) is 21.8. The maximum Gasteiger partial charge on any atom is 0.414 e. The average molecular weight is 616 g/mol. The Labute approximate surface area is 248 Å². The van der Waals surface area contributed by atoms with Crippen LogP contribution in [-0.2, 0) is 22.5 Å². The van der Waals surface area contributed by atoms with Gasteiger partial charge in [0.15, 0.2) is 5.75 Å². The predicted molar refractivity (Wildman–Crippen MR) is 150 cm³/mol. The van der Waals surface area contributed by atoms with Gasteiger partial charge >= 0.3 is 6.09 Å². The minimum Gasteiger partial charge on any atom is -0.454 e. The van der Waals surface area contributed by atoms with E-state index in [9.17, 15) is 28.4 Å². The number of carbonyl (C=O) groups excluding carboxylic acids is 3. The number of fused-ring (bicyclic) bond motifs is 1. The molecule has 216 valence electrons. The Hall–Kier alpha value is -4.73. The summed E-state index contributed by atoms with van der Waals surface area (Å²) in [5.41, 5.74) is 3.52. The highest BCUT2D eigenvalue weighted by atomic mass is 35.5. The molecule has 2 N–H and O–H groups in total. The standard InChI is InChI=1S/C28H21Cl2F2N5O5/c1-2-41-28(40)34-26(38)24(13-33)36-35-19-11-22(29)25(23(30)12-19)42-20-3-4-21-16(9-20)5-6-37(27(21)39)14-15-7-17(31)10-18(32)8-15/h3-4,7-12,35H,2,5-6,14H2,1H3,(H,34,38,40). The van der Waals surface area contributed by atoms with Crippen LogP contribution < -0.4 is 15.5 Å². The highest BCUT2D eigenvalue weighted by Gasteiger charge is 2.25. The number of hydrogen-bond acceptors (Lipinski definition) is 8. The van der Waals surface area contributed by atoms with Crippen LogP contribution in [0.3, 0.4) is 0 Å². The van der Waals surface area contributed by atoms with Crippen molar-refractivity contribution in [1.82, 2.24) is 10.2 Å². The summed E-state index contributed by atoms with van der Waals surface area (Å²) in [6.45, 7) is 1.98. The monoisotopic (exact) mass is 615 g/mol. The molecule has 0 unspecified atom stereocenters. The second-order valence-electron chi connectivity index (χ2n) is 8.80. The van der Waals surface area contributed by atoms with E-state index in [2.05, 4.69) is 15.3 Å². The number of nitrogens with zero attached hydrogens (tertiary/aromatic N) is 3. The fourth-order valence-electron chi connectivity index (χ4n) is 4.06. The Bertz CT molecular complexity index is 1600. The number of halogens is 4. The minimum atomic E-state index is -1.07. The molecular weight excluding hydrogens is 595 g/mol. The van der Waals surface area contributed by atoms with Gasteiger partial charge in [-0.15, -0.1) is 0 Å². The molecule has 0 saturated carbocycles. The molecule has 14 heteroatoms. The molecule has 0 spiro atoms. The van der Waals surface area contributed by atoms with Crippen LogP contribution in [0, 0.1) is 23.0 Å². The Morgan fingerprint density at radius 1 is 1.10 bits per heavy atom. The summed E-state index contributed by atoms with van der Waals surface area (Å²) in [5, 5.41) is 14.8. The molecule has 3 aromatic rings. The number of amides is 3. The lowest BCUT2D eigenvalue weighted by Crippen LogP contribution is -2.37. The molecule has 0 aliphatic carbocycles. The van der Waals surface area contributed by atoms with Crippen molar-refractivity contribution in [3.8, 4) is 17.6 Å². The number of hydrazone groups is 1. The van der Waals surface area contributed by atoms with Gasteiger partial charge in [-0.05, 0) is 66.9 Å². The minimum absolute atomic E-state index is 0.0330. The summed E-state index contributed by atoms with van der Waals surface area (Å²) >= 11 is 12.7. The van der Waals surface area contributed by atoms with Crippen molar-refractivity contribution in [3.05, 3.63) is 86.9 Å². The zero-order chi connectivity index (χ0) is 30.4. The number of nitrogens with one attached hydrogen (secondary N) is 2. The van der Waals surface area contributed by atoms with Crippen LogP contribution in [0.15, 0.2) is 53.6 Å². The van der Waals surface area contributed by atoms with Crippen LogP contribution >= 0.6 is 23.2 Å². The number of nitriles is 1. The van der Waals surface area contributed by atoms with Crippen LogP contribution in [0.2, 0.25) is 10.0 Å². The summed E-state index contributed by atoms with van der Waals surface area (Å²) in [6, 6.07) is 12.3. The molecule has 3 aromatic carbocycles. The number of benzene rings is 3. The Morgan fingerprint density at radius 2 is 1.79 bits per heavy atom. The van der Waals surface area contributed by atoms with Gasteiger partial charge in [0.05, 0.1) is 22.3 Å². The van der Waals surface area contributed by atoms with Crippen LogP contribution in [0.25, 0.3) is 0 Å². The van der Waals surface area contributed by atoms with Gasteiger partial charge in [0.1, 0.15) is 23.5 Å². The third kappa shape index (κ3) is 7.31. The lowest BCUT2D eigenvalue weighted by molar-refractivity contribution is -0.114. The van der Waals surface area contributed by atoms with Gasteiger partial charge in [0.2, 0.25) is 5.71 Å². The quantitative estimate of drug-likeness (QED) is 0.241. The molecule has 1 heterocycles. The molecule has 10 nitrogen and oxygen atoms in total. The summed E-state index contributed by atoms with van der Waals surface area (Å²) in [4.78, 5) is 37.9. The lowest BCUT2D eigenvalue weighted by atomic mass is 9.98. The molecule has 1 aliphatic heterocycles. The van der Waals surface area contributed by atoms with Crippen molar-refractivity contribution >= 4 is 52.5 Å². The molecular formula is C28H21Cl2F2N5O5. The number of carbonyl (C=O) groups is 3. The number of alkyl carbamates (subject to hydrolysis) is 1. The number of anilines is 1. The molecule has 0 aromatic heterocycles. The van der Waals surface area contributed by atoms with Crippen LogP contribution in [0.1, 0.15) is 28.4 Å². The van der Waals surface area contributed by atoms with Gasteiger partial charge in [-0.25, -0.2) is 13.6 Å². The summed E-state index contributed by atoms with van der Waals surface area (Å²) in [7, 11) is 0. The lowest BCUT2D eigenvalue weighted by Gasteiger charge is -2.29. The Morgan fingerprint density at radius 3 is 2.43 bits per heavy atom. The van der Waals surface area contributed by atoms with Crippen LogP contribution in [0.4, 0.5) is 19.3 Å². The zero-order valence-corrected chi connectivity index (χ0v) is 23.4. The largest absolute Gasteiger partial charge is 0.454 e. The van der Waals surface area contributed by atoms with E-state index < -0.39 is 29.3 Å². The number of hydrogen-bond donors (Lipinski definition) is 2. The Kier molecular flexibility index (Phi) is 9.57. The number of rotatable bonds is 8. The van der Waals surface area contributed by atoms with Gasteiger partial charge in [-0.3, -0.25) is 20.3 Å². The van der Waals surface area contributed by atoms with Gasteiger partial charge < -0.3 is 14.4 Å². The normalized spacial score (nSPS) is 12.7. The molecule has 4 rings (SSSR count). The van der Waals surface area contributed by atoms with Crippen molar-refractivity contribution < 1.29 is 32.6 Å². The average Bonchev–Trinajstić information content (AvgIpc) is 2.92. The van der Waals surface area contributed by atoms with Crippen molar-refractivity contribution in [3.63, 3.8) is 0 Å². The molecule has 3 amide bonds. The summed E-state index contributed by atoms with van der Waals surface area (Å²) in [5.74, 6) is -2.33. The first-order valence-electron chi connectivity index (χ1n) is 12.3. The van der Waals surface area contributed by atoms with E-state index in [0.29, 0.717) is 35.4 Å². The maximum absolute atomic E-state index is 13.6. The maximum atomic E-state index is 13.6. The SMILES string of the molecule is CCOC(=O)NC(=O)C(C#N)=NNc1cc(Cl)c(Oc2ccc3c(c2)CCN(Cc2cc(F)cc(F)c2)C3=O)c(Cl)c1. The molecule has 0 bridgehead atoms. The van der Waals surface area contributed by atoms with E-state index >= 15 is 0 Å². The third-order valence-corrected chi connectivity index (χ3v) is 6.43. The fourth-order valence-corrected chi connectivity index (χ4v) is 4.62. The second-order valence-corrected chi connectivity index (χ2v) is 9.62.